The summed E-state index contributed by atoms with van der Waals surface area (Å²) in [7, 11) is 1.78. The number of hydrazine groups is 1. The number of hydrogen-bond acceptors (Lipinski definition) is 2. The number of aliphatic imine (C=N–C) groups is 1. The first-order valence-electron chi connectivity index (χ1n) is 2.33. The molecule has 4 heteroatoms. The zero-order chi connectivity index (χ0) is 5.98. The summed E-state index contributed by atoms with van der Waals surface area (Å²) in [6.07, 6.45) is 1.57. The molecule has 0 unspecified atom stereocenters. The number of urea groups is 1. The number of hydrogen-bond donors (Lipinski definition) is 1. The van der Waals surface area contributed by atoms with Gasteiger partial charge in [0.2, 0.25) is 0 Å². The van der Waals surface area contributed by atoms with Crippen LogP contribution in [0.4, 0.5) is 4.79 Å². The van der Waals surface area contributed by atoms with Crippen LogP contribution in [0, 0.1) is 0 Å². The topological polar surface area (TPSA) is 44.7 Å². The Hall–Kier alpha value is -0.900. The molecule has 1 N–H and O–H groups in total. The number of nitrogens with zero attached hydrogens (tertiary/aromatic N) is 2. The summed E-state index contributed by atoms with van der Waals surface area (Å²) in [6, 6.07) is -0.293. The van der Waals surface area contributed by atoms with Gasteiger partial charge in [0.25, 0.3) is 0 Å². The van der Waals surface area contributed by atoms with Gasteiger partial charge in [-0.25, -0.2) is 14.8 Å². The van der Waals surface area contributed by atoms with Gasteiger partial charge < -0.3 is 0 Å². The zero-order valence-electron chi connectivity index (χ0n) is 4.59. The first-order valence-corrected chi connectivity index (χ1v) is 2.33. The lowest BCUT2D eigenvalue weighted by Gasteiger charge is -2.16. The molecular weight excluding hydrogens is 106 g/mol. The van der Waals surface area contributed by atoms with Crippen molar-refractivity contribution < 1.29 is 4.79 Å². The van der Waals surface area contributed by atoms with Crippen molar-refractivity contribution in [2.24, 2.45) is 4.99 Å². The van der Waals surface area contributed by atoms with Gasteiger partial charge in [0.05, 0.1) is 6.54 Å². The van der Waals surface area contributed by atoms with E-state index in [-0.39, 0.29) is 6.03 Å². The van der Waals surface area contributed by atoms with Gasteiger partial charge in [0.1, 0.15) is 0 Å². The lowest BCUT2D eigenvalue weighted by Crippen LogP contribution is -2.42. The average Bonchev–Trinajstić information content (AvgIpc) is 1.64. The van der Waals surface area contributed by atoms with E-state index >= 15 is 0 Å². The molecule has 0 bridgehead atoms. The third-order valence-corrected chi connectivity index (χ3v) is 0.851. The predicted octanol–water partition coefficient (Wildman–Crippen LogP) is -0.373. The molecule has 0 fully saturated rings. The van der Waals surface area contributed by atoms with Crippen LogP contribution in [-0.2, 0) is 0 Å². The monoisotopic (exact) mass is 113 g/mol. The molecule has 0 aliphatic carbocycles. The Morgan fingerprint density at radius 3 is 3.12 bits per heavy atom. The molecule has 0 saturated carbocycles. The van der Waals surface area contributed by atoms with Crippen molar-refractivity contribution in [3.8, 4) is 0 Å². The van der Waals surface area contributed by atoms with E-state index in [2.05, 4.69) is 10.4 Å². The highest BCUT2D eigenvalue weighted by Gasteiger charge is 2.04. The predicted molar refractivity (Wildman–Crippen MR) is 29.7 cm³/mol. The van der Waals surface area contributed by atoms with Gasteiger partial charge in [-0.3, -0.25) is 5.43 Å². The van der Waals surface area contributed by atoms with E-state index in [9.17, 15) is 4.79 Å². The van der Waals surface area contributed by atoms with Gasteiger partial charge in [-0.2, -0.15) is 0 Å². The first-order chi connectivity index (χ1) is 3.79. The summed E-state index contributed by atoms with van der Waals surface area (Å²) in [4.78, 5) is 13.8. The second-order valence-electron chi connectivity index (χ2n) is 1.61. The van der Waals surface area contributed by atoms with Crippen molar-refractivity contribution >= 4 is 12.2 Å². The molecule has 44 valence electrons. The summed E-state index contributed by atoms with van der Waals surface area (Å²) < 4.78 is 0. The van der Waals surface area contributed by atoms with Crippen LogP contribution < -0.4 is 5.43 Å². The van der Waals surface area contributed by atoms with Gasteiger partial charge in [0.15, 0.2) is 0 Å². The Balaban J connectivity index is 2.54. The lowest BCUT2D eigenvalue weighted by atomic mass is 10.6. The Bertz CT molecular complexity index is 131. The smallest absolute Gasteiger partial charge is 0.269 e. The molecule has 0 atom stereocenters. The molecule has 0 radical (unpaired) electrons. The largest absolute Gasteiger partial charge is 0.355 e. The van der Waals surface area contributed by atoms with Gasteiger partial charge >= 0.3 is 6.03 Å². The first kappa shape index (κ1) is 5.24. The van der Waals surface area contributed by atoms with Crippen molar-refractivity contribution in [1.82, 2.24) is 10.4 Å². The van der Waals surface area contributed by atoms with Crippen LogP contribution in [0.25, 0.3) is 0 Å². The SMILES string of the molecule is CN1CC=NC(=O)N1. The standard InChI is InChI=1S/C4H7N3O/c1-7-3-2-5-4(8)6-7/h2H,3H2,1H3,(H,6,8). The maximum absolute atomic E-state index is 10.3. The molecule has 1 aliphatic rings. The third-order valence-electron chi connectivity index (χ3n) is 0.851. The Labute approximate surface area is 47.2 Å². The van der Waals surface area contributed by atoms with Crippen LogP contribution in [-0.4, -0.2) is 30.8 Å². The summed E-state index contributed by atoms with van der Waals surface area (Å²) in [5, 5.41) is 1.66. The highest BCUT2D eigenvalue weighted by molar-refractivity contribution is 5.85. The van der Waals surface area contributed by atoms with Crippen LogP contribution >= 0.6 is 0 Å². The Morgan fingerprint density at radius 2 is 2.75 bits per heavy atom. The number of rotatable bonds is 0. The van der Waals surface area contributed by atoms with Crippen LogP contribution in [0.2, 0.25) is 0 Å². The average molecular weight is 113 g/mol. The maximum Gasteiger partial charge on any atom is 0.355 e. The molecule has 0 aromatic carbocycles. The number of carbonyl (C=O) groups is 1. The van der Waals surface area contributed by atoms with Gasteiger partial charge in [-0.05, 0) is 0 Å². The number of nitrogens with one attached hydrogen (secondary N) is 1. The molecule has 0 aromatic rings. The normalized spacial score (nSPS) is 20.9. The molecule has 0 spiro atoms. The fraction of sp³-hybridized carbons (Fsp3) is 0.500. The van der Waals surface area contributed by atoms with Crippen LogP contribution in [0.15, 0.2) is 4.99 Å². The number of amides is 2. The van der Waals surface area contributed by atoms with Crippen molar-refractivity contribution in [1.29, 1.82) is 0 Å². The molecule has 0 saturated heterocycles. The minimum absolute atomic E-state index is 0.293. The lowest BCUT2D eigenvalue weighted by molar-refractivity contribution is 0.212. The maximum atomic E-state index is 10.3. The van der Waals surface area contributed by atoms with Crippen LogP contribution in [0.5, 0.6) is 0 Å². The van der Waals surface area contributed by atoms with E-state index in [1.165, 1.54) is 0 Å². The molecule has 1 aliphatic heterocycles. The highest BCUT2D eigenvalue weighted by Crippen LogP contribution is 1.82. The van der Waals surface area contributed by atoms with E-state index in [4.69, 9.17) is 0 Å². The molecule has 2 amide bonds. The van der Waals surface area contributed by atoms with Crippen molar-refractivity contribution in [3.63, 3.8) is 0 Å². The Morgan fingerprint density at radius 1 is 2.00 bits per heavy atom. The second kappa shape index (κ2) is 1.92. The fourth-order valence-electron chi connectivity index (χ4n) is 0.484. The summed E-state index contributed by atoms with van der Waals surface area (Å²) in [5.41, 5.74) is 2.48. The summed E-state index contributed by atoms with van der Waals surface area (Å²) in [5.74, 6) is 0. The van der Waals surface area contributed by atoms with E-state index in [1.54, 1.807) is 18.3 Å². The molecular formula is C4H7N3O. The summed E-state index contributed by atoms with van der Waals surface area (Å²) in [6.45, 7) is 0.686. The molecule has 8 heavy (non-hydrogen) atoms. The number of carbonyl (C=O) groups excluding carboxylic acids is 1. The highest BCUT2D eigenvalue weighted by atomic mass is 16.2. The molecule has 1 rings (SSSR count). The van der Waals surface area contributed by atoms with Crippen molar-refractivity contribution in [3.05, 3.63) is 0 Å². The van der Waals surface area contributed by atoms with E-state index in [0.717, 1.165) is 0 Å². The Kier molecular flexibility index (Phi) is 1.26. The van der Waals surface area contributed by atoms with E-state index in [0.29, 0.717) is 6.54 Å². The van der Waals surface area contributed by atoms with Gasteiger partial charge in [-0.15, -0.1) is 0 Å². The van der Waals surface area contributed by atoms with Crippen LogP contribution in [0.3, 0.4) is 0 Å². The van der Waals surface area contributed by atoms with Gasteiger partial charge in [-0.1, -0.05) is 0 Å². The summed E-state index contributed by atoms with van der Waals surface area (Å²) >= 11 is 0. The molecule has 1 heterocycles. The fourth-order valence-corrected chi connectivity index (χ4v) is 0.484. The molecule has 4 nitrogen and oxygen atoms in total. The zero-order valence-corrected chi connectivity index (χ0v) is 4.59. The van der Waals surface area contributed by atoms with Crippen LogP contribution in [0.1, 0.15) is 0 Å². The van der Waals surface area contributed by atoms with E-state index < -0.39 is 0 Å². The molecule has 0 aromatic heterocycles. The second-order valence-corrected chi connectivity index (χ2v) is 1.61. The van der Waals surface area contributed by atoms with Crippen molar-refractivity contribution in [2.45, 2.75) is 0 Å². The quantitative estimate of drug-likeness (QED) is 0.465. The van der Waals surface area contributed by atoms with E-state index in [1.807, 2.05) is 0 Å². The van der Waals surface area contributed by atoms with Gasteiger partial charge in [0, 0.05) is 13.3 Å². The minimum atomic E-state index is -0.293. The van der Waals surface area contributed by atoms with Crippen molar-refractivity contribution in [2.75, 3.05) is 13.6 Å². The minimum Gasteiger partial charge on any atom is -0.269 e. The third kappa shape index (κ3) is 1.04.